The Morgan fingerprint density at radius 1 is 0.722 bits per heavy atom. The molecular formula is C13H34HfN3O-3. The molecule has 0 bridgehead atoms. The minimum atomic E-state index is -0.500. The molecule has 0 radical (unpaired) electrons. The van der Waals surface area contributed by atoms with Crippen molar-refractivity contribution < 1.29 is 30.9 Å². The van der Waals surface area contributed by atoms with Crippen molar-refractivity contribution in [3.05, 3.63) is 16.0 Å². The van der Waals surface area contributed by atoms with Crippen molar-refractivity contribution in [2.45, 2.75) is 47.1 Å². The summed E-state index contributed by atoms with van der Waals surface area (Å²) in [5.74, 6) is 0. The van der Waals surface area contributed by atoms with Gasteiger partial charge in [0.05, 0.1) is 5.60 Å². The van der Waals surface area contributed by atoms with Gasteiger partial charge in [0.1, 0.15) is 0 Å². The summed E-state index contributed by atoms with van der Waals surface area (Å²) < 4.78 is 0. The van der Waals surface area contributed by atoms with E-state index in [4.69, 9.17) is 5.11 Å². The number of nitrogens with zero attached hydrogens (tertiary/aromatic N) is 3. The first-order valence-electron chi connectivity index (χ1n) is 6.14. The van der Waals surface area contributed by atoms with Crippen LogP contribution in [0.15, 0.2) is 0 Å². The second-order valence-electron chi connectivity index (χ2n) is 4.07. The van der Waals surface area contributed by atoms with Crippen LogP contribution < -0.4 is 0 Å². The Labute approximate surface area is 134 Å². The first-order chi connectivity index (χ1) is 7.74. The maximum absolute atomic E-state index is 8.52. The zero-order chi connectivity index (χ0) is 14.7. The van der Waals surface area contributed by atoms with E-state index in [9.17, 15) is 0 Å². The molecule has 18 heavy (non-hydrogen) atoms. The van der Waals surface area contributed by atoms with E-state index in [-0.39, 0.29) is 25.8 Å². The topological polar surface area (TPSA) is 62.5 Å². The summed E-state index contributed by atoms with van der Waals surface area (Å²) in [5, 5.41) is 19.7. The monoisotopic (exact) mass is 428 g/mol. The quantitative estimate of drug-likeness (QED) is 0.685. The smallest absolute Gasteiger partial charge is 0.0563 e. The molecule has 0 aromatic carbocycles. The van der Waals surface area contributed by atoms with E-state index in [1.165, 1.54) is 0 Å². The van der Waals surface area contributed by atoms with Gasteiger partial charge in [0, 0.05) is 25.8 Å². The Hall–Kier alpha value is 0.710. The molecule has 1 N–H and O–H groups in total. The van der Waals surface area contributed by atoms with Gasteiger partial charge in [0.25, 0.3) is 0 Å². The van der Waals surface area contributed by atoms with Crippen LogP contribution in [-0.4, -0.2) is 51.5 Å². The van der Waals surface area contributed by atoms with E-state index < -0.39 is 5.60 Å². The Balaban J connectivity index is -0.0000000412. The van der Waals surface area contributed by atoms with Crippen LogP contribution in [0.25, 0.3) is 16.0 Å². The van der Waals surface area contributed by atoms with Crippen molar-refractivity contribution in [3.8, 4) is 0 Å². The van der Waals surface area contributed by atoms with Crippen molar-refractivity contribution in [3.63, 3.8) is 0 Å². The molecule has 0 rings (SSSR count). The van der Waals surface area contributed by atoms with Crippen molar-refractivity contribution in [2.75, 3.05) is 40.8 Å². The molecule has 0 unspecified atom stereocenters. The summed E-state index contributed by atoms with van der Waals surface area (Å²) in [4.78, 5) is 0. The van der Waals surface area contributed by atoms with E-state index in [0.29, 0.717) is 0 Å². The predicted octanol–water partition coefficient (Wildman–Crippen LogP) is 3.80. The van der Waals surface area contributed by atoms with Gasteiger partial charge >= 0.3 is 0 Å². The molecule has 4 nitrogen and oxygen atoms in total. The summed E-state index contributed by atoms with van der Waals surface area (Å²) in [6.45, 7) is 14.1. The van der Waals surface area contributed by atoms with Gasteiger partial charge in [-0.05, 0) is 20.8 Å². The molecule has 0 saturated carbocycles. The van der Waals surface area contributed by atoms with Crippen molar-refractivity contribution >= 4 is 0 Å². The molecule has 0 fully saturated rings. The Morgan fingerprint density at radius 3 is 0.778 bits per heavy atom. The van der Waals surface area contributed by atoms with Crippen LogP contribution in [-0.2, 0) is 25.8 Å². The average Bonchev–Trinajstić information content (AvgIpc) is 2.27. The summed E-state index contributed by atoms with van der Waals surface area (Å²) in [5.41, 5.74) is -0.500. The Kier molecular flexibility index (Phi) is 53.1. The van der Waals surface area contributed by atoms with Crippen LogP contribution >= 0.6 is 0 Å². The van der Waals surface area contributed by atoms with E-state index in [1.54, 1.807) is 41.9 Å². The molecule has 0 aliphatic heterocycles. The fourth-order valence-electron chi connectivity index (χ4n) is 0. The van der Waals surface area contributed by atoms with Gasteiger partial charge < -0.3 is 21.1 Å². The van der Waals surface area contributed by atoms with Gasteiger partial charge in [-0.2, -0.15) is 40.8 Å². The minimum Gasteiger partial charge on any atom is -0.665 e. The number of aliphatic hydroxyl groups is 1. The molecule has 0 amide bonds. The number of hydrogen-bond acceptors (Lipinski definition) is 1. The van der Waals surface area contributed by atoms with Gasteiger partial charge in [0.2, 0.25) is 0 Å². The Bertz CT molecular complexity index is 77.2. The van der Waals surface area contributed by atoms with Crippen LogP contribution in [0.4, 0.5) is 0 Å². The van der Waals surface area contributed by atoms with Crippen LogP contribution in [0, 0.1) is 0 Å². The fourth-order valence-corrected chi connectivity index (χ4v) is 0. The van der Waals surface area contributed by atoms with E-state index in [2.05, 4.69) is 16.0 Å². The van der Waals surface area contributed by atoms with E-state index >= 15 is 0 Å². The zero-order valence-corrected chi connectivity index (χ0v) is 17.5. The second kappa shape index (κ2) is 30.6. The maximum atomic E-state index is 8.52. The van der Waals surface area contributed by atoms with Crippen molar-refractivity contribution in [2.24, 2.45) is 0 Å². The SMILES string of the molecule is CC(C)(C)O.CC[N-]C.CC[N-]C.CC[N-]C.[Hf]. The largest absolute Gasteiger partial charge is 0.665 e. The molecule has 0 aromatic rings. The maximum Gasteiger partial charge on any atom is 0.0563 e. The predicted molar refractivity (Wildman–Crippen MR) is 81.4 cm³/mol. The number of rotatable bonds is 3. The number of hydrogen-bond donors (Lipinski definition) is 1. The second-order valence-corrected chi connectivity index (χ2v) is 4.07. The van der Waals surface area contributed by atoms with Gasteiger partial charge in [-0.3, -0.25) is 0 Å². The van der Waals surface area contributed by atoms with Gasteiger partial charge in [-0.1, -0.05) is 20.8 Å². The standard InChI is InChI=1S/C4H10O.3C3H8N.Hf/c1-4(2,3)5;3*1-3-4-2;/h5H,1-3H3;3*3H2,1-2H3;/q;3*-1;. The molecule has 114 valence electrons. The molecule has 0 aliphatic rings. The molecule has 5 heteroatoms. The minimum absolute atomic E-state index is 0. The van der Waals surface area contributed by atoms with E-state index in [1.807, 2.05) is 20.8 Å². The summed E-state index contributed by atoms with van der Waals surface area (Å²) >= 11 is 0. The van der Waals surface area contributed by atoms with Gasteiger partial charge in [0.15, 0.2) is 0 Å². The summed E-state index contributed by atoms with van der Waals surface area (Å²) in [6.07, 6.45) is 0. The first-order valence-corrected chi connectivity index (χ1v) is 6.14. The molecular weight excluding hydrogens is 393 g/mol. The summed E-state index contributed by atoms with van der Waals surface area (Å²) in [7, 11) is 5.42. The fraction of sp³-hybridized carbons (Fsp3) is 1.00. The first kappa shape index (κ1) is 31.2. The summed E-state index contributed by atoms with van der Waals surface area (Å²) in [6, 6.07) is 0. The molecule has 0 saturated heterocycles. The third-order valence-electron chi connectivity index (χ3n) is 0.949. The molecule has 0 heterocycles. The van der Waals surface area contributed by atoms with Crippen LogP contribution in [0.5, 0.6) is 0 Å². The molecule has 0 spiro atoms. The molecule has 0 atom stereocenters. The third-order valence-corrected chi connectivity index (χ3v) is 0.949. The molecule has 0 aromatic heterocycles. The molecule has 0 aliphatic carbocycles. The van der Waals surface area contributed by atoms with E-state index in [0.717, 1.165) is 19.6 Å². The van der Waals surface area contributed by atoms with Gasteiger partial charge in [-0.15, -0.1) is 0 Å². The van der Waals surface area contributed by atoms with Crippen LogP contribution in [0.3, 0.4) is 0 Å². The van der Waals surface area contributed by atoms with Crippen LogP contribution in [0.2, 0.25) is 0 Å². The zero-order valence-electron chi connectivity index (χ0n) is 13.9. The average molecular weight is 427 g/mol. The van der Waals surface area contributed by atoms with Gasteiger partial charge in [-0.25, -0.2) is 0 Å². The van der Waals surface area contributed by atoms with Crippen molar-refractivity contribution in [1.29, 1.82) is 0 Å². The Morgan fingerprint density at radius 2 is 0.778 bits per heavy atom. The normalized spacial score (nSPS) is 8.33. The van der Waals surface area contributed by atoms with Crippen molar-refractivity contribution in [1.82, 2.24) is 0 Å². The third kappa shape index (κ3) is 300. The van der Waals surface area contributed by atoms with Crippen LogP contribution in [0.1, 0.15) is 41.5 Å².